The molecule has 0 bridgehead atoms. The number of hydrogen-bond acceptors (Lipinski definition) is 3. The summed E-state index contributed by atoms with van der Waals surface area (Å²) in [5, 5.41) is 7.26. The molecule has 5 heteroatoms. The van der Waals surface area contributed by atoms with Crippen molar-refractivity contribution >= 4 is 5.91 Å². The van der Waals surface area contributed by atoms with Crippen LogP contribution in [0.25, 0.3) is 11.3 Å². The minimum atomic E-state index is 0.0101. The number of likely N-dealkylation sites (tertiary alicyclic amines) is 1. The molecule has 1 N–H and O–H groups in total. The van der Waals surface area contributed by atoms with Crippen molar-refractivity contribution in [2.75, 3.05) is 19.7 Å². The molecule has 2 aromatic carbocycles. The predicted molar refractivity (Wildman–Crippen MR) is 114 cm³/mol. The maximum Gasteiger partial charge on any atom is 0.271 e. The van der Waals surface area contributed by atoms with Crippen molar-refractivity contribution in [1.82, 2.24) is 15.1 Å². The molecule has 1 amide bonds. The Morgan fingerprint density at radius 1 is 1.10 bits per heavy atom. The molecule has 1 saturated heterocycles. The van der Waals surface area contributed by atoms with E-state index in [0.717, 1.165) is 36.4 Å². The van der Waals surface area contributed by atoms with Gasteiger partial charge in [-0.25, -0.2) is 0 Å². The lowest BCUT2D eigenvalue weighted by Crippen LogP contribution is -2.41. The molecule has 1 atom stereocenters. The molecule has 1 fully saturated rings. The van der Waals surface area contributed by atoms with Crippen LogP contribution in [-0.2, 0) is 0 Å². The van der Waals surface area contributed by atoms with Crippen molar-refractivity contribution in [3.05, 3.63) is 71.4 Å². The monoisotopic (exact) mass is 389 g/mol. The molecule has 4 rings (SSSR count). The van der Waals surface area contributed by atoms with Crippen LogP contribution in [0.4, 0.5) is 0 Å². The SMILES string of the molecule is Cc1ccc(OC[C@H]2CCCN(C(=O)c3cc(-c4ccc(C)cc4)n[nH]3)C2)cc1. The molecule has 29 heavy (non-hydrogen) atoms. The summed E-state index contributed by atoms with van der Waals surface area (Å²) in [5.41, 5.74) is 4.77. The summed E-state index contributed by atoms with van der Waals surface area (Å²) in [6.07, 6.45) is 2.07. The van der Waals surface area contributed by atoms with Gasteiger partial charge in [0.25, 0.3) is 5.91 Å². The van der Waals surface area contributed by atoms with E-state index in [2.05, 4.69) is 48.3 Å². The second kappa shape index (κ2) is 8.52. The van der Waals surface area contributed by atoms with E-state index >= 15 is 0 Å². The molecule has 1 aliphatic rings. The van der Waals surface area contributed by atoms with E-state index < -0.39 is 0 Å². The Morgan fingerprint density at radius 3 is 2.52 bits per heavy atom. The number of aromatic nitrogens is 2. The molecule has 0 saturated carbocycles. The molecule has 0 radical (unpaired) electrons. The van der Waals surface area contributed by atoms with Crippen molar-refractivity contribution in [3.63, 3.8) is 0 Å². The van der Waals surface area contributed by atoms with Gasteiger partial charge in [0.1, 0.15) is 11.4 Å². The highest BCUT2D eigenvalue weighted by atomic mass is 16.5. The number of carbonyl (C=O) groups is 1. The zero-order chi connectivity index (χ0) is 20.2. The van der Waals surface area contributed by atoms with Gasteiger partial charge in [-0.3, -0.25) is 9.89 Å². The highest BCUT2D eigenvalue weighted by Crippen LogP contribution is 2.22. The largest absolute Gasteiger partial charge is 0.493 e. The molecule has 3 aromatic rings. The Bertz CT molecular complexity index is 961. The second-order valence-corrected chi connectivity index (χ2v) is 7.92. The van der Waals surface area contributed by atoms with Crippen LogP contribution >= 0.6 is 0 Å². The van der Waals surface area contributed by atoms with Gasteiger partial charge in [-0.05, 0) is 44.9 Å². The third-order valence-corrected chi connectivity index (χ3v) is 5.47. The third-order valence-electron chi connectivity index (χ3n) is 5.47. The lowest BCUT2D eigenvalue weighted by atomic mass is 9.98. The summed E-state index contributed by atoms with van der Waals surface area (Å²) in [5.74, 6) is 1.24. The lowest BCUT2D eigenvalue weighted by Gasteiger charge is -2.32. The van der Waals surface area contributed by atoms with E-state index in [4.69, 9.17) is 4.74 Å². The maximum absolute atomic E-state index is 13.0. The minimum Gasteiger partial charge on any atom is -0.493 e. The number of aryl methyl sites for hydroxylation is 2. The number of hydrogen-bond donors (Lipinski definition) is 1. The number of carbonyl (C=O) groups excluding carboxylic acids is 1. The highest BCUT2D eigenvalue weighted by molar-refractivity contribution is 5.93. The average molecular weight is 389 g/mol. The number of benzene rings is 2. The Hall–Kier alpha value is -3.08. The van der Waals surface area contributed by atoms with Crippen molar-refractivity contribution in [1.29, 1.82) is 0 Å². The summed E-state index contributed by atoms with van der Waals surface area (Å²) < 4.78 is 5.95. The topological polar surface area (TPSA) is 58.2 Å². The predicted octanol–water partition coefficient (Wildman–Crippen LogP) is 4.62. The van der Waals surface area contributed by atoms with E-state index in [1.807, 2.05) is 35.2 Å². The Morgan fingerprint density at radius 2 is 1.79 bits per heavy atom. The van der Waals surface area contributed by atoms with Crippen molar-refractivity contribution in [2.45, 2.75) is 26.7 Å². The first kappa shape index (κ1) is 19.2. The summed E-state index contributed by atoms with van der Waals surface area (Å²) in [4.78, 5) is 14.9. The van der Waals surface area contributed by atoms with E-state index in [1.165, 1.54) is 11.1 Å². The van der Waals surface area contributed by atoms with Crippen molar-refractivity contribution in [2.24, 2.45) is 5.92 Å². The van der Waals surface area contributed by atoms with Gasteiger partial charge in [-0.1, -0.05) is 47.5 Å². The third kappa shape index (κ3) is 4.67. The first-order valence-electron chi connectivity index (χ1n) is 10.2. The van der Waals surface area contributed by atoms with Crippen LogP contribution in [0.2, 0.25) is 0 Å². The maximum atomic E-state index is 13.0. The van der Waals surface area contributed by atoms with Gasteiger partial charge in [0.2, 0.25) is 0 Å². The number of nitrogens with one attached hydrogen (secondary N) is 1. The van der Waals surface area contributed by atoms with Gasteiger partial charge in [0.15, 0.2) is 0 Å². The fraction of sp³-hybridized carbons (Fsp3) is 0.333. The normalized spacial score (nSPS) is 16.6. The summed E-state index contributed by atoms with van der Waals surface area (Å²) in [6, 6.07) is 18.1. The van der Waals surface area contributed by atoms with Gasteiger partial charge < -0.3 is 9.64 Å². The fourth-order valence-electron chi connectivity index (χ4n) is 3.71. The van der Waals surface area contributed by atoms with Crippen molar-refractivity contribution < 1.29 is 9.53 Å². The van der Waals surface area contributed by atoms with Gasteiger partial charge >= 0.3 is 0 Å². The molecule has 150 valence electrons. The number of H-pyrrole nitrogens is 1. The number of nitrogens with zero attached hydrogens (tertiary/aromatic N) is 2. The molecule has 0 unspecified atom stereocenters. The quantitative estimate of drug-likeness (QED) is 0.692. The smallest absolute Gasteiger partial charge is 0.271 e. The summed E-state index contributed by atoms with van der Waals surface area (Å²) >= 11 is 0. The molecule has 1 aliphatic heterocycles. The molecule has 0 spiro atoms. The Kier molecular flexibility index (Phi) is 5.65. The van der Waals surface area contributed by atoms with Crippen LogP contribution in [0.15, 0.2) is 54.6 Å². The van der Waals surface area contributed by atoms with E-state index in [1.54, 1.807) is 0 Å². The number of ether oxygens (including phenoxy) is 1. The zero-order valence-corrected chi connectivity index (χ0v) is 17.0. The van der Waals surface area contributed by atoms with Gasteiger partial charge in [-0.2, -0.15) is 5.10 Å². The van der Waals surface area contributed by atoms with Gasteiger partial charge in [-0.15, -0.1) is 0 Å². The van der Waals surface area contributed by atoms with E-state index in [-0.39, 0.29) is 5.91 Å². The Labute approximate surface area is 171 Å². The van der Waals surface area contributed by atoms with Crippen LogP contribution < -0.4 is 4.74 Å². The molecule has 5 nitrogen and oxygen atoms in total. The van der Waals surface area contributed by atoms with Crippen LogP contribution in [0.1, 0.15) is 34.5 Å². The molecule has 0 aliphatic carbocycles. The van der Waals surface area contributed by atoms with Crippen LogP contribution in [0.3, 0.4) is 0 Å². The van der Waals surface area contributed by atoms with Gasteiger partial charge in [0.05, 0.1) is 12.3 Å². The standard InChI is InChI=1S/C24H27N3O2/c1-17-5-9-20(10-6-17)22-14-23(26-25-22)24(28)27-13-3-4-19(15-27)16-29-21-11-7-18(2)8-12-21/h5-12,14,19H,3-4,13,15-16H2,1-2H3,(H,25,26)/t19-/m0/s1. The van der Waals surface area contributed by atoms with Gasteiger partial charge in [0, 0.05) is 24.6 Å². The van der Waals surface area contributed by atoms with Crippen LogP contribution in [0.5, 0.6) is 5.75 Å². The Balaban J connectivity index is 1.37. The molecular formula is C24H27N3O2. The second-order valence-electron chi connectivity index (χ2n) is 7.92. The zero-order valence-electron chi connectivity index (χ0n) is 17.0. The fourth-order valence-corrected chi connectivity index (χ4v) is 3.71. The van der Waals surface area contributed by atoms with Crippen LogP contribution in [0, 0.1) is 19.8 Å². The number of piperidine rings is 1. The average Bonchev–Trinajstić information content (AvgIpc) is 3.24. The first-order chi connectivity index (χ1) is 14.1. The minimum absolute atomic E-state index is 0.0101. The van der Waals surface area contributed by atoms with E-state index in [9.17, 15) is 4.79 Å². The molecule has 1 aromatic heterocycles. The van der Waals surface area contributed by atoms with Crippen molar-refractivity contribution in [3.8, 4) is 17.0 Å². The number of rotatable bonds is 5. The first-order valence-corrected chi connectivity index (χ1v) is 10.2. The van der Waals surface area contributed by atoms with Crippen LogP contribution in [-0.4, -0.2) is 40.7 Å². The lowest BCUT2D eigenvalue weighted by molar-refractivity contribution is 0.0627. The molecular weight excluding hydrogens is 362 g/mol. The van der Waals surface area contributed by atoms with E-state index in [0.29, 0.717) is 24.8 Å². The number of aromatic amines is 1. The summed E-state index contributed by atoms with van der Waals surface area (Å²) in [6.45, 7) is 6.24. The summed E-state index contributed by atoms with van der Waals surface area (Å²) in [7, 11) is 0. The molecule has 2 heterocycles. The number of amides is 1. The highest BCUT2D eigenvalue weighted by Gasteiger charge is 2.26.